The summed E-state index contributed by atoms with van der Waals surface area (Å²) in [4.78, 5) is 4.26. The van der Waals surface area contributed by atoms with Gasteiger partial charge in [-0.15, -0.1) is 0 Å². The molecule has 1 aromatic heterocycles. The van der Waals surface area contributed by atoms with Gasteiger partial charge in [-0.25, -0.2) is 4.98 Å². The molecule has 0 aliphatic rings. The summed E-state index contributed by atoms with van der Waals surface area (Å²) in [6, 6.07) is 12.4. The molecule has 0 saturated carbocycles. The van der Waals surface area contributed by atoms with E-state index in [1.807, 2.05) is 6.07 Å². The summed E-state index contributed by atoms with van der Waals surface area (Å²) in [6.45, 7) is 0. The Hall–Kier alpha value is -2.22. The average Bonchev–Trinajstić information content (AvgIpc) is 2.74. The number of halogens is 2. The molecule has 1 heterocycles. The van der Waals surface area contributed by atoms with Crippen LogP contribution in [0.4, 0.5) is 5.95 Å². The second kappa shape index (κ2) is 4.71. The molecular weight excluding hydrogens is 295 g/mol. The lowest BCUT2D eigenvalue weighted by molar-refractivity contribution is 1.11. The van der Waals surface area contributed by atoms with Crippen LogP contribution in [0.15, 0.2) is 36.4 Å². The first-order valence-corrected chi connectivity index (χ1v) is 6.49. The number of nitrogens with two attached hydrogens (primary N) is 1. The molecule has 0 atom stereocenters. The Morgan fingerprint density at radius 1 is 1.15 bits per heavy atom. The van der Waals surface area contributed by atoms with Crippen molar-refractivity contribution in [1.82, 2.24) is 9.55 Å². The summed E-state index contributed by atoms with van der Waals surface area (Å²) in [5.41, 5.74) is 8.54. The third-order valence-corrected chi connectivity index (χ3v) is 3.51. The molecular formula is C14H8Cl2N4. The van der Waals surface area contributed by atoms with Gasteiger partial charge in [0.25, 0.3) is 0 Å². The van der Waals surface area contributed by atoms with E-state index in [4.69, 9.17) is 34.2 Å². The number of anilines is 1. The van der Waals surface area contributed by atoms with Gasteiger partial charge in [-0.05, 0) is 36.4 Å². The molecule has 20 heavy (non-hydrogen) atoms. The van der Waals surface area contributed by atoms with Crippen LogP contribution in [0.3, 0.4) is 0 Å². The first kappa shape index (κ1) is 12.8. The lowest BCUT2D eigenvalue weighted by atomic mass is 10.2. The Morgan fingerprint density at radius 2 is 1.95 bits per heavy atom. The number of rotatable bonds is 1. The molecule has 3 rings (SSSR count). The second-order valence-corrected chi connectivity index (χ2v) is 5.06. The van der Waals surface area contributed by atoms with Crippen molar-refractivity contribution >= 4 is 40.2 Å². The van der Waals surface area contributed by atoms with Gasteiger partial charge in [0.05, 0.1) is 33.4 Å². The standard InChI is InChI=1S/C14H8Cl2N4/c15-9-2-4-12-11(6-9)19-14(18)20(12)13-5-8(7-17)1-3-10(13)16/h1-6H,(H2,18,19). The van der Waals surface area contributed by atoms with E-state index in [9.17, 15) is 0 Å². The van der Waals surface area contributed by atoms with E-state index in [1.54, 1.807) is 34.9 Å². The van der Waals surface area contributed by atoms with Gasteiger partial charge in [0.2, 0.25) is 5.95 Å². The topological polar surface area (TPSA) is 67.6 Å². The Bertz CT molecular complexity index is 861. The van der Waals surface area contributed by atoms with Gasteiger partial charge in [-0.2, -0.15) is 5.26 Å². The molecule has 0 saturated heterocycles. The summed E-state index contributed by atoms with van der Waals surface area (Å²) >= 11 is 12.2. The number of imidazole rings is 1. The highest BCUT2D eigenvalue weighted by Crippen LogP contribution is 2.29. The zero-order valence-corrected chi connectivity index (χ0v) is 11.7. The van der Waals surface area contributed by atoms with E-state index in [0.717, 1.165) is 5.52 Å². The Labute approximate surface area is 125 Å². The molecule has 4 nitrogen and oxygen atoms in total. The third kappa shape index (κ3) is 1.97. The van der Waals surface area contributed by atoms with Crippen LogP contribution in [-0.2, 0) is 0 Å². The molecule has 0 bridgehead atoms. The van der Waals surface area contributed by atoms with Gasteiger partial charge in [-0.3, -0.25) is 4.57 Å². The van der Waals surface area contributed by atoms with Crippen molar-refractivity contribution in [2.75, 3.05) is 5.73 Å². The van der Waals surface area contributed by atoms with E-state index in [2.05, 4.69) is 11.1 Å². The third-order valence-electron chi connectivity index (χ3n) is 2.96. The van der Waals surface area contributed by atoms with Gasteiger partial charge in [-0.1, -0.05) is 23.2 Å². The fourth-order valence-corrected chi connectivity index (χ4v) is 2.45. The number of nitrogen functional groups attached to an aromatic ring is 1. The largest absolute Gasteiger partial charge is 0.369 e. The summed E-state index contributed by atoms with van der Waals surface area (Å²) in [5.74, 6) is 0.291. The van der Waals surface area contributed by atoms with Crippen molar-refractivity contribution in [3.8, 4) is 11.8 Å². The highest BCUT2D eigenvalue weighted by molar-refractivity contribution is 6.32. The summed E-state index contributed by atoms with van der Waals surface area (Å²) in [6.07, 6.45) is 0. The molecule has 0 aliphatic carbocycles. The number of nitriles is 1. The molecule has 0 spiro atoms. The van der Waals surface area contributed by atoms with Crippen molar-refractivity contribution in [3.05, 3.63) is 52.0 Å². The molecule has 2 N–H and O–H groups in total. The number of fused-ring (bicyclic) bond motifs is 1. The molecule has 3 aromatic rings. The monoisotopic (exact) mass is 302 g/mol. The Balaban J connectivity index is 2.35. The average molecular weight is 303 g/mol. The fourth-order valence-electron chi connectivity index (χ4n) is 2.08. The maximum absolute atomic E-state index is 9.00. The van der Waals surface area contributed by atoms with Gasteiger partial charge < -0.3 is 5.73 Å². The SMILES string of the molecule is N#Cc1ccc(Cl)c(-n2c(N)nc3cc(Cl)ccc32)c1. The molecule has 0 fully saturated rings. The summed E-state index contributed by atoms with van der Waals surface area (Å²) < 4.78 is 1.70. The molecule has 98 valence electrons. The first-order chi connectivity index (χ1) is 9.60. The highest BCUT2D eigenvalue weighted by Gasteiger charge is 2.13. The summed E-state index contributed by atoms with van der Waals surface area (Å²) in [5, 5.41) is 10.1. The zero-order chi connectivity index (χ0) is 14.3. The predicted molar refractivity (Wildman–Crippen MR) is 80.2 cm³/mol. The van der Waals surface area contributed by atoms with Crippen LogP contribution in [0.2, 0.25) is 10.0 Å². The smallest absolute Gasteiger partial charge is 0.205 e. The maximum Gasteiger partial charge on any atom is 0.205 e. The van der Waals surface area contributed by atoms with Crippen LogP contribution in [0.5, 0.6) is 0 Å². The summed E-state index contributed by atoms with van der Waals surface area (Å²) in [7, 11) is 0. The van der Waals surface area contributed by atoms with Crippen molar-refractivity contribution in [3.63, 3.8) is 0 Å². The molecule has 0 unspecified atom stereocenters. The van der Waals surface area contributed by atoms with E-state index in [-0.39, 0.29) is 0 Å². The van der Waals surface area contributed by atoms with Gasteiger partial charge in [0.1, 0.15) is 0 Å². The zero-order valence-electron chi connectivity index (χ0n) is 10.1. The predicted octanol–water partition coefficient (Wildman–Crippen LogP) is 3.79. The normalized spacial score (nSPS) is 10.7. The van der Waals surface area contributed by atoms with Gasteiger partial charge in [0, 0.05) is 5.02 Å². The van der Waals surface area contributed by atoms with Crippen LogP contribution in [-0.4, -0.2) is 9.55 Å². The van der Waals surface area contributed by atoms with Gasteiger partial charge >= 0.3 is 0 Å². The molecule has 0 amide bonds. The van der Waals surface area contributed by atoms with Crippen molar-refractivity contribution in [1.29, 1.82) is 5.26 Å². The Kier molecular flexibility index (Phi) is 3.01. The molecule has 0 radical (unpaired) electrons. The van der Waals surface area contributed by atoms with Crippen LogP contribution < -0.4 is 5.73 Å². The van der Waals surface area contributed by atoms with Crippen LogP contribution >= 0.6 is 23.2 Å². The number of hydrogen-bond acceptors (Lipinski definition) is 3. The van der Waals surface area contributed by atoms with Gasteiger partial charge in [0.15, 0.2) is 0 Å². The van der Waals surface area contributed by atoms with Crippen LogP contribution in [0.25, 0.3) is 16.7 Å². The van der Waals surface area contributed by atoms with Crippen LogP contribution in [0, 0.1) is 11.3 Å². The number of nitrogens with zero attached hydrogens (tertiary/aromatic N) is 3. The number of aromatic nitrogens is 2. The van der Waals surface area contributed by atoms with E-state index in [0.29, 0.717) is 32.8 Å². The lowest BCUT2D eigenvalue weighted by Gasteiger charge is -2.09. The van der Waals surface area contributed by atoms with Crippen molar-refractivity contribution in [2.45, 2.75) is 0 Å². The van der Waals surface area contributed by atoms with Crippen LogP contribution in [0.1, 0.15) is 5.56 Å². The Morgan fingerprint density at radius 3 is 2.70 bits per heavy atom. The fraction of sp³-hybridized carbons (Fsp3) is 0. The molecule has 6 heteroatoms. The first-order valence-electron chi connectivity index (χ1n) is 5.73. The number of benzene rings is 2. The highest BCUT2D eigenvalue weighted by atomic mass is 35.5. The minimum Gasteiger partial charge on any atom is -0.369 e. The van der Waals surface area contributed by atoms with E-state index in [1.165, 1.54) is 0 Å². The van der Waals surface area contributed by atoms with E-state index < -0.39 is 0 Å². The number of hydrogen-bond donors (Lipinski definition) is 1. The molecule has 0 aliphatic heterocycles. The van der Waals surface area contributed by atoms with Crippen molar-refractivity contribution in [2.24, 2.45) is 0 Å². The quantitative estimate of drug-likeness (QED) is 0.743. The minimum absolute atomic E-state index is 0.291. The maximum atomic E-state index is 9.00. The lowest BCUT2D eigenvalue weighted by Crippen LogP contribution is -2.01. The van der Waals surface area contributed by atoms with E-state index >= 15 is 0 Å². The molecule has 2 aromatic carbocycles. The van der Waals surface area contributed by atoms with Crippen molar-refractivity contribution < 1.29 is 0 Å². The second-order valence-electron chi connectivity index (χ2n) is 4.22. The minimum atomic E-state index is 0.291.